The van der Waals surface area contributed by atoms with Gasteiger partial charge < -0.3 is 0 Å². The summed E-state index contributed by atoms with van der Waals surface area (Å²) >= 11 is 0. The fraction of sp³-hybridized carbons (Fsp3) is 0. The molecule has 0 spiro atoms. The SMILES string of the molecule is [AlH3].[Ce].[V].[Zr]. The molecule has 0 unspecified atom stereocenters. The Labute approximate surface area is 101 Å². The van der Waals surface area contributed by atoms with Gasteiger partial charge in [0.2, 0.25) is 0 Å². The van der Waals surface area contributed by atoms with Crippen molar-refractivity contribution in [3.63, 3.8) is 0 Å². The molecule has 19 valence electrons. The Morgan fingerprint density at radius 1 is 1.00 bits per heavy atom. The van der Waals surface area contributed by atoms with E-state index in [4.69, 9.17) is 0 Å². The zero-order valence-corrected chi connectivity index (χ0v) is 8.44. The van der Waals surface area contributed by atoms with Gasteiger partial charge in [0.05, 0.1) is 0 Å². The van der Waals surface area contributed by atoms with Crippen molar-refractivity contribution in [1.29, 1.82) is 0 Å². The van der Waals surface area contributed by atoms with Crippen LogP contribution in [-0.2, 0) is 44.8 Å². The first-order valence-corrected chi connectivity index (χ1v) is 0. The van der Waals surface area contributed by atoms with Crippen LogP contribution in [0.1, 0.15) is 0 Å². The normalized spacial score (nSPS) is 0. The van der Waals surface area contributed by atoms with Gasteiger partial charge in [0.25, 0.3) is 0 Å². The molecule has 0 bridgehead atoms. The molecule has 4 heavy (non-hydrogen) atoms. The van der Waals surface area contributed by atoms with Crippen LogP contribution in [0.15, 0.2) is 0 Å². The minimum Gasteiger partial charge on any atom is 0 e. The summed E-state index contributed by atoms with van der Waals surface area (Å²) < 4.78 is 0. The van der Waals surface area contributed by atoms with Gasteiger partial charge in [0.15, 0.2) is 17.4 Å². The van der Waals surface area contributed by atoms with Crippen LogP contribution in [0, 0.1) is 41.7 Å². The van der Waals surface area contributed by atoms with Crippen molar-refractivity contribution in [3.05, 3.63) is 0 Å². The number of hydrogen-bond acceptors (Lipinski definition) is 0. The second-order valence-corrected chi connectivity index (χ2v) is 0. The molecule has 1 radical (unpaired) electrons. The standard InChI is InChI=1S/Al.Ce.V.Zr.3H. The summed E-state index contributed by atoms with van der Waals surface area (Å²) in [7, 11) is 0. The van der Waals surface area contributed by atoms with Gasteiger partial charge in [-0.3, -0.25) is 0 Å². The summed E-state index contributed by atoms with van der Waals surface area (Å²) in [5.74, 6) is 0. The molecule has 0 aliphatic heterocycles. The largest absolute Gasteiger partial charge is 0.187 e. The smallest absolute Gasteiger partial charge is 0 e. The zero-order chi connectivity index (χ0) is 0. The van der Waals surface area contributed by atoms with E-state index in [1.54, 1.807) is 0 Å². The van der Waals surface area contributed by atoms with E-state index in [2.05, 4.69) is 0 Å². The van der Waals surface area contributed by atoms with Crippen molar-refractivity contribution < 1.29 is 86.5 Å². The molecule has 0 aromatic carbocycles. The molecule has 0 heterocycles. The molecule has 0 fully saturated rings. The summed E-state index contributed by atoms with van der Waals surface area (Å²) in [5, 5.41) is 0. The molecule has 0 saturated carbocycles. The van der Waals surface area contributed by atoms with Gasteiger partial charge in [-0.25, -0.2) is 0 Å². The van der Waals surface area contributed by atoms with Gasteiger partial charge >= 0.3 is 0 Å². The van der Waals surface area contributed by atoms with E-state index < -0.39 is 0 Å². The van der Waals surface area contributed by atoms with Crippen LogP contribution in [0.25, 0.3) is 0 Å². The van der Waals surface area contributed by atoms with E-state index in [0.29, 0.717) is 0 Å². The second kappa shape index (κ2) is 16.2. The topological polar surface area (TPSA) is 0 Å². The Kier molecular flexibility index (Phi) is 106. The Morgan fingerprint density at radius 3 is 1.00 bits per heavy atom. The minimum atomic E-state index is 0. The van der Waals surface area contributed by atoms with Gasteiger partial charge in [-0.15, -0.1) is 0 Å². The quantitative estimate of drug-likeness (QED) is 0.494. The van der Waals surface area contributed by atoms with E-state index in [-0.39, 0.29) is 104 Å². The molecule has 0 amide bonds. The average molecular weight is 312 g/mol. The Balaban J connectivity index is 0. The molecular weight excluding hydrogens is 309 g/mol. The van der Waals surface area contributed by atoms with Gasteiger partial charge in [-0.1, -0.05) is 0 Å². The van der Waals surface area contributed by atoms with E-state index in [1.165, 1.54) is 0 Å². The van der Waals surface area contributed by atoms with Gasteiger partial charge in [0, 0.05) is 86.5 Å². The molecule has 0 aliphatic rings. The Bertz CT molecular complexity index is 8.00. The number of hydrogen-bond donors (Lipinski definition) is 0. The van der Waals surface area contributed by atoms with E-state index in [1.807, 2.05) is 0 Å². The molecule has 0 saturated heterocycles. The van der Waals surface area contributed by atoms with Crippen LogP contribution in [0.2, 0.25) is 0 Å². The first-order chi connectivity index (χ1) is 0. The Hall–Kier alpha value is 3.38. The van der Waals surface area contributed by atoms with Crippen molar-refractivity contribution in [2.75, 3.05) is 0 Å². The van der Waals surface area contributed by atoms with Crippen LogP contribution in [0.5, 0.6) is 0 Å². The molecule has 4 heteroatoms. The molecule has 0 rings (SSSR count). The fourth-order valence-corrected chi connectivity index (χ4v) is 0. The van der Waals surface area contributed by atoms with E-state index in [0.717, 1.165) is 0 Å². The summed E-state index contributed by atoms with van der Waals surface area (Å²) in [6.45, 7) is 0. The zero-order valence-electron chi connectivity index (χ0n) is 1.45. The third-order valence-electron chi connectivity index (χ3n) is 0. The summed E-state index contributed by atoms with van der Waals surface area (Å²) in [4.78, 5) is 0. The van der Waals surface area contributed by atoms with Crippen LogP contribution in [-0.4, -0.2) is 17.4 Å². The first kappa shape index (κ1) is 26.3. The van der Waals surface area contributed by atoms with Gasteiger partial charge in [0.1, 0.15) is 0 Å². The summed E-state index contributed by atoms with van der Waals surface area (Å²) in [6.07, 6.45) is 0. The molecule has 0 nitrogen and oxygen atoms in total. The van der Waals surface area contributed by atoms with Crippen LogP contribution in [0.4, 0.5) is 0 Å². The molecular formula is H3AlCeVZr. The Morgan fingerprint density at radius 2 is 1.00 bits per heavy atom. The van der Waals surface area contributed by atoms with E-state index >= 15 is 0 Å². The average Bonchev–Trinajstić information content (AvgIpc) is 0. The predicted octanol–water partition coefficient (Wildman–Crippen LogP) is -1.19. The maximum atomic E-state index is 0. The van der Waals surface area contributed by atoms with Crippen molar-refractivity contribution in [2.24, 2.45) is 0 Å². The summed E-state index contributed by atoms with van der Waals surface area (Å²) in [5.41, 5.74) is 0. The van der Waals surface area contributed by atoms with Crippen molar-refractivity contribution in [1.82, 2.24) is 0 Å². The van der Waals surface area contributed by atoms with Crippen molar-refractivity contribution in [3.8, 4) is 0 Å². The fourth-order valence-electron chi connectivity index (χ4n) is 0. The third-order valence-corrected chi connectivity index (χ3v) is 0. The second-order valence-electron chi connectivity index (χ2n) is 0. The molecule has 0 aromatic rings. The predicted molar refractivity (Wildman–Crippen MR) is 9.94 cm³/mol. The maximum Gasteiger partial charge on any atom is 0.187 e. The van der Waals surface area contributed by atoms with Crippen LogP contribution < -0.4 is 0 Å². The molecule has 0 aliphatic carbocycles. The minimum absolute atomic E-state index is 0. The first-order valence-electron chi connectivity index (χ1n) is 0. The van der Waals surface area contributed by atoms with E-state index in [9.17, 15) is 0 Å². The van der Waals surface area contributed by atoms with Gasteiger partial charge in [-0.2, -0.15) is 0 Å². The van der Waals surface area contributed by atoms with Crippen LogP contribution >= 0.6 is 0 Å². The molecule has 0 N–H and O–H groups in total. The molecule has 0 atom stereocenters. The van der Waals surface area contributed by atoms with Crippen molar-refractivity contribution >= 4 is 17.4 Å². The third kappa shape index (κ3) is 9.03. The maximum absolute atomic E-state index is 0. The van der Waals surface area contributed by atoms with Gasteiger partial charge in [-0.05, 0) is 0 Å². The van der Waals surface area contributed by atoms with Crippen molar-refractivity contribution in [2.45, 2.75) is 0 Å². The monoisotopic (exact) mass is 311 g/mol. The molecule has 0 aromatic heterocycles. The summed E-state index contributed by atoms with van der Waals surface area (Å²) in [6, 6.07) is 0. The number of rotatable bonds is 0. The van der Waals surface area contributed by atoms with Crippen LogP contribution in [0.3, 0.4) is 0 Å².